The number of amides is 2. The predicted molar refractivity (Wildman–Crippen MR) is 87.6 cm³/mol. The molecule has 0 saturated heterocycles. The number of hydrogen-bond acceptors (Lipinski definition) is 6. The largest absolute Gasteiger partial charge is 0.450 e. The third-order valence-electron chi connectivity index (χ3n) is 3.27. The summed E-state index contributed by atoms with van der Waals surface area (Å²) in [5.41, 5.74) is 0.909. The Kier molecular flexibility index (Phi) is 4.67. The lowest BCUT2D eigenvalue weighted by molar-refractivity contribution is 0.0994. The summed E-state index contributed by atoms with van der Waals surface area (Å²) in [7, 11) is 0. The van der Waals surface area contributed by atoms with Gasteiger partial charge in [0, 0.05) is 17.8 Å². The van der Waals surface area contributed by atoms with Crippen LogP contribution < -0.4 is 5.32 Å². The molecule has 9 heteroatoms. The number of furan rings is 1. The number of ether oxygens (including phenoxy) is 1. The summed E-state index contributed by atoms with van der Waals surface area (Å²) >= 11 is 4.51. The van der Waals surface area contributed by atoms with Crippen LogP contribution in [0.5, 0.6) is 0 Å². The second-order valence-corrected chi connectivity index (χ2v) is 6.68. The van der Waals surface area contributed by atoms with Gasteiger partial charge in [0.05, 0.1) is 18.8 Å². The van der Waals surface area contributed by atoms with Gasteiger partial charge in [-0.1, -0.05) is 11.3 Å². The predicted octanol–water partition coefficient (Wildman–Crippen LogP) is 3.27. The summed E-state index contributed by atoms with van der Waals surface area (Å²) in [5, 5.41) is 3.22. The number of aromatic nitrogens is 1. The topological polar surface area (TPSA) is 84.7 Å². The lowest BCUT2D eigenvalue weighted by Crippen LogP contribution is -2.35. The van der Waals surface area contributed by atoms with E-state index >= 15 is 0 Å². The van der Waals surface area contributed by atoms with E-state index in [0.717, 1.165) is 10.6 Å². The zero-order valence-electron chi connectivity index (χ0n) is 12.3. The summed E-state index contributed by atoms with van der Waals surface area (Å²) in [6.07, 6.45) is 0.324. The lowest BCUT2D eigenvalue weighted by atomic mass is 10.2. The van der Waals surface area contributed by atoms with Crippen LogP contribution in [0.3, 0.4) is 0 Å². The molecule has 0 aromatic carbocycles. The highest BCUT2D eigenvalue weighted by Crippen LogP contribution is 2.29. The van der Waals surface area contributed by atoms with Gasteiger partial charge in [0.2, 0.25) is 0 Å². The number of nitrogens with zero attached hydrogens (tertiary/aromatic N) is 2. The number of anilines is 1. The van der Waals surface area contributed by atoms with Gasteiger partial charge in [-0.2, -0.15) is 0 Å². The van der Waals surface area contributed by atoms with Gasteiger partial charge in [0.1, 0.15) is 0 Å². The SMILES string of the molecule is CCOC(=O)N1CCc2nc(NC(=O)c3ccc(Br)o3)sc2C1. The highest BCUT2D eigenvalue weighted by atomic mass is 79.9. The highest BCUT2D eigenvalue weighted by molar-refractivity contribution is 9.10. The molecule has 23 heavy (non-hydrogen) atoms. The van der Waals surface area contributed by atoms with Gasteiger partial charge in [0.15, 0.2) is 15.6 Å². The van der Waals surface area contributed by atoms with Gasteiger partial charge in [-0.15, -0.1) is 0 Å². The van der Waals surface area contributed by atoms with E-state index in [4.69, 9.17) is 9.15 Å². The fraction of sp³-hybridized carbons (Fsp3) is 0.357. The molecule has 1 aliphatic rings. The Morgan fingerprint density at radius 2 is 2.35 bits per heavy atom. The maximum atomic E-state index is 12.1. The monoisotopic (exact) mass is 399 g/mol. The number of halogens is 1. The quantitative estimate of drug-likeness (QED) is 0.855. The number of hydrogen-bond donors (Lipinski definition) is 1. The molecule has 1 aliphatic heterocycles. The number of nitrogens with one attached hydrogen (secondary N) is 1. The average Bonchev–Trinajstić information content (AvgIpc) is 3.12. The van der Waals surface area contributed by atoms with Gasteiger partial charge < -0.3 is 14.1 Å². The zero-order chi connectivity index (χ0) is 16.4. The lowest BCUT2D eigenvalue weighted by Gasteiger charge is -2.24. The molecule has 7 nitrogen and oxygen atoms in total. The summed E-state index contributed by atoms with van der Waals surface area (Å²) < 4.78 is 10.7. The molecule has 3 rings (SSSR count). The molecule has 0 unspecified atom stereocenters. The van der Waals surface area contributed by atoms with Crippen molar-refractivity contribution in [2.45, 2.75) is 19.9 Å². The van der Waals surface area contributed by atoms with E-state index in [1.54, 1.807) is 24.0 Å². The van der Waals surface area contributed by atoms with E-state index in [0.29, 0.717) is 35.9 Å². The smallest absolute Gasteiger partial charge is 0.410 e. The van der Waals surface area contributed by atoms with Crippen LogP contribution in [0.1, 0.15) is 28.0 Å². The molecule has 2 aromatic heterocycles. The molecule has 0 radical (unpaired) electrons. The Balaban J connectivity index is 1.68. The van der Waals surface area contributed by atoms with Gasteiger partial charge in [0.25, 0.3) is 5.91 Å². The van der Waals surface area contributed by atoms with Gasteiger partial charge >= 0.3 is 6.09 Å². The first-order chi connectivity index (χ1) is 11.1. The molecule has 0 spiro atoms. The third kappa shape index (κ3) is 3.56. The number of carbonyl (C=O) groups is 2. The van der Waals surface area contributed by atoms with Crippen LogP contribution in [0.4, 0.5) is 9.93 Å². The van der Waals surface area contributed by atoms with E-state index in [1.807, 2.05) is 0 Å². The first-order valence-corrected chi connectivity index (χ1v) is 8.64. The Morgan fingerprint density at radius 1 is 1.52 bits per heavy atom. The second kappa shape index (κ2) is 6.71. The zero-order valence-corrected chi connectivity index (χ0v) is 14.7. The Bertz CT molecular complexity index is 742. The van der Waals surface area contributed by atoms with Crippen molar-refractivity contribution in [1.82, 2.24) is 9.88 Å². The van der Waals surface area contributed by atoms with Crippen molar-refractivity contribution in [3.63, 3.8) is 0 Å². The van der Waals surface area contributed by atoms with Crippen molar-refractivity contribution in [2.75, 3.05) is 18.5 Å². The summed E-state index contributed by atoms with van der Waals surface area (Å²) in [6, 6.07) is 3.23. The molecule has 0 atom stereocenters. The fourth-order valence-electron chi connectivity index (χ4n) is 2.21. The maximum absolute atomic E-state index is 12.1. The minimum absolute atomic E-state index is 0.207. The summed E-state index contributed by atoms with van der Waals surface area (Å²) in [6.45, 7) is 3.15. The van der Waals surface area contributed by atoms with E-state index in [1.165, 1.54) is 11.3 Å². The van der Waals surface area contributed by atoms with E-state index in [2.05, 4.69) is 26.2 Å². The van der Waals surface area contributed by atoms with E-state index in [9.17, 15) is 9.59 Å². The van der Waals surface area contributed by atoms with Crippen molar-refractivity contribution < 1.29 is 18.7 Å². The van der Waals surface area contributed by atoms with Gasteiger partial charge in [-0.05, 0) is 35.0 Å². The number of thiazole rings is 1. The number of rotatable bonds is 3. The van der Waals surface area contributed by atoms with Crippen LogP contribution in [-0.4, -0.2) is 35.0 Å². The first kappa shape index (κ1) is 16.0. The van der Waals surface area contributed by atoms with Crippen molar-refractivity contribution >= 4 is 44.4 Å². The van der Waals surface area contributed by atoms with Crippen molar-refractivity contribution in [1.29, 1.82) is 0 Å². The van der Waals surface area contributed by atoms with E-state index < -0.39 is 0 Å². The van der Waals surface area contributed by atoms with Gasteiger partial charge in [-0.3, -0.25) is 10.1 Å². The molecule has 3 heterocycles. The molecule has 1 N–H and O–H groups in total. The molecular weight excluding hydrogens is 386 g/mol. The molecule has 0 aliphatic carbocycles. The van der Waals surface area contributed by atoms with Crippen LogP contribution in [0.2, 0.25) is 0 Å². The number of fused-ring (bicyclic) bond motifs is 1. The van der Waals surface area contributed by atoms with Crippen molar-refractivity contribution in [3.8, 4) is 0 Å². The molecule has 2 amide bonds. The first-order valence-electron chi connectivity index (χ1n) is 7.03. The maximum Gasteiger partial charge on any atom is 0.410 e. The minimum Gasteiger partial charge on any atom is -0.450 e. The standard InChI is InChI=1S/C14H14BrN3O4S/c1-2-21-14(20)18-6-5-8-10(7-18)23-13(16-8)17-12(19)9-3-4-11(15)22-9/h3-4H,2,5-7H2,1H3,(H,16,17,19). The summed E-state index contributed by atoms with van der Waals surface area (Å²) in [5.74, 6) is -0.151. The van der Waals surface area contributed by atoms with E-state index in [-0.39, 0.29) is 17.8 Å². The van der Waals surface area contributed by atoms with Crippen LogP contribution in [-0.2, 0) is 17.7 Å². The summed E-state index contributed by atoms with van der Waals surface area (Å²) in [4.78, 5) is 30.8. The third-order valence-corrected chi connectivity index (χ3v) is 4.70. The Labute approximate surface area is 144 Å². The molecule has 122 valence electrons. The number of carbonyl (C=O) groups excluding carboxylic acids is 2. The van der Waals surface area contributed by atoms with Crippen LogP contribution in [0.15, 0.2) is 21.2 Å². The second-order valence-electron chi connectivity index (χ2n) is 4.82. The van der Waals surface area contributed by atoms with Crippen LogP contribution in [0, 0.1) is 0 Å². The normalized spacial score (nSPS) is 13.6. The van der Waals surface area contributed by atoms with Crippen LogP contribution in [0.25, 0.3) is 0 Å². The molecular formula is C14H14BrN3O4S. The molecule has 0 bridgehead atoms. The molecule has 0 saturated carbocycles. The Morgan fingerprint density at radius 3 is 3.04 bits per heavy atom. The fourth-order valence-corrected chi connectivity index (χ4v) is 3.54. The molecule has 0 fully saturated rings. The minimum atomic E-state index is -0.357. The van der Waals surface area contributed by atoms with Crippen molar-refractivity contribution in [2.24, 2.45) is 0 Å². The highest BCUT2D eigenvalue weighted by Gasteiger charge is 2.25. The molecule has 2 aromatic rings. The average molecular weight is 400 g/mol. The Hall–Kier alpha value is -1.87. The van der Waals surface area contributed by atoms with Gasteiger partial charge in [-0.25, -0.2) is 9.78 Å². The van der Waals surface area contributed by atoms with Crippen LogP contribution >= 0.6 is 27.3 Å². The van der Waals surface area contributed by atoms with Crippen molar-refractivity contribution in [3.05, 3.63) is 33.1 Å².